The fourth-order valence-electron chi connectivity index (χ4n) is 1.41. The van der Waals surface area contributed by atoms with E-state index in [9.17, 15) is 4.39 Å². The molecular weight excluding hydrogens is 237 g/mol. The zero-order valence-corrected chi connectivity index (χ0v) is 11.7. The number of hydrogen-bond acceptors (Lipinski definition) is 1. The lowest BCUT2D eigenvalue weighted by atomic mass is 9.82. The maximum absolute atomic E-state index is 13.6. The first-order valence-electron chi connectivity index (χ1n) is 5.96. The van der Waals surface area contributed by atoms with Gasteiger partial charge in [0.15, 0.2) is 0 Å². The van der Waals surface area contributed by atoms with Crippen LogP contribution in [-0.2, 0) is 6.54 Å². The zero-order chi connectivity index (χ0) is 13.1. The van der Waals surface area contributed by atoms with Crippen LogP contribution >= 0.6 is 11.6 Å². The van der Waals surface area contributed by atoms with Crippen molar-refractivity contribution in [3.05, 3.63) is 34.6 Å². The van der Waals surface area contributed by atoms with E-state index in [1.165, 1.54) is 0 Å². The molecule has 1 aromatic rings. The Labute approximate surface area is 108 Å². The second-order valence-electron chi connectivity index (χ2n) is 5.61. The molecule has 1 unspecified atom stereocenters. The molecule has 0 aliphatic rings. The first-order chi connectivity index (χ1) is 7.82. The second-order valence-corrected chi connectivity index (χ2v) is 6.02. The molecule has 0 aliphatic carbocycles. The molecule has 0 saturated heterocycles. The van der Waals surface area contributed by atoms with Crippen LogP contribution in [0.15, 0.2) is 18.2 Å². The SMILES string of the molecule is CC(CNCc1cccc(Cl)c1F)C(C)(C)C. The van der Waals surface area contributed by atoms with E-state index >= 15 is 0 Å². The Hall–Kier alpha value is -0.600. The van der Waals surface area contributed by atoms with Crippen molar-refractivity contribution in [2.75, 3.05) is 6.54 Å². The number of hydrogen-bond donors (Lipinski definition) is 1. The summed E-state index contributed by atoms with van der Waals surface area (Å²) in [7, 11) is 0. The molecule has 0 heterocycles. The third kappa shape index (κ3) is 4.29. The van der Waals surface area contributed by atoms with E-state index in [1.807, 2.05) is 0 Å². The summed E-state index contributed by atoms with van der Waals surface area (Å²) < 4.78 is 13.6. The summed E-state index contributed by atoms with van der Waals surface area (Å²) in [5, 5.41) is 3.47. The number of benzene rings is 1. The van der Waals surface area contributed by atoms with E-state index in [1.54, 1.807) is 18.2 Å². The molecule has 1 nitrogen and oxygen atoms in total. The van der Waals surface area contributed by atoms with Crippen LogP contribution in [-0.4, -0.2) is 6.54 Å². The van der Waals surface area contributed by atoms with E-state index in [2.05, 4.69) is 33.0 Å². The lowest BCUT2D eigenvalue weighted by Crippen LogP contribution is -2.29. The van der Waals surface area contributed by atoms with Crippen molar-refractivity contribution in [1.82, 2.24) is 5.32 Å². The number of rotatable bonds is 4. The summed E-state index contributed by atoms with van der Waals surface area (Å²) in [4.78, 5) is 0. The molecule has 0 spiro atoms. The van der Waals surface area contributed by atoms with E-state index < -0.39 is 0 Å². The Morgan fingerprint density at radius 2 is 2.00 bits per heavy atom. The van der Waals surface area contributed by atoms with E-state index in [4.69, 9.17) is 11.6 Å². The van der Waals surface area contributed by atoms with Crippen molar-refractivity contribution in [3.63, 3.8) is 0 Å². The fourth-order valence-corrected chi connectivity index (χ4v) is 1.61. The highest BCUT2D eigenvalue weighted by Crippen LogP contribution is 2.24. The van der Waals surface area contributed by atoms with Gasteiger partial charge < -0.3 is 5.32 Å². The van der Waals surface area contributed by atoms with Crippen molar-refractivity contribution in [1.29, 1.82) is 0 Å². The molecule has 1 atom stereocenters. The van der Waals surface area contributed by atoms with Crippen LogP contribution < -0.4 is 5.32 Å². The predicted octanol–water partition coefficient (Wildman–Crippen LogP) is 4.25. The van der Waals surface area contributed by atoms with Gasteiger partial charge in [-0.3, -0.25) is 0 Å². The van der Waals surface area contributed by atoms with Crippen LogP contribution in [0.3, 0.4) is 0 Å². The van der Waals surface area contributed by atoms with Crippen LogP contribution in [0.4, 0.5) is 4.39 Å². The second kappa shape index (κ2) is 5.83. The Morgan fingerprint density at radius 1 is 1.35 bits per heavy atom. The van der Waals surface area contributed by atoms with Crippen LogP contribution in [0.1, 0.15) is 33.3 Å². The summed E-state index contributed by atoms with van der Waals surface area (Å²) in [6.07, 6.45) is 0. The molecule has 17 heavy (non-hydrogen) atoms. The largest absolute Gasteiger partial charge is 0.312 e. The minimum absolute atomic E-state index is 0.188. The summed E-state index contributed by atoms with van der Waals surface area (Å²) in [5.74, 6) is 0.217. The van der Waals surface area contributed by atoms with Crippen LogP contribution in [0.5, 0.6) is 0 Å². The molecule has 0 radical (unpaired) electrons. The number of nitrogens with one attached hydrogen (secondary N) is 1. The van der Waals surface area contributed by atoms with Crippen LogP contribution in [0.2, 0.25) is 5.02 Å². The molecule has 1 aromatic carbocycles. The topological polar surface area (TPSA) is 12.0 Å². The van der Waals surface area contributed by atoms with Crippen molar-refractivity contribution >= 4 is 11.6 Å². The van der Waals surface area contributed by atoms with Gasteiger partial charge in [0.2, 0.25) is 0 Å². The Bertz CT molecular complexity index is 371. The molecule has 0 aromatic heterocycles. The monoisotopic (exact) mass is 257 g/mol. The van der Waals surface area contributed by atoms with E-state index in [0.717, 1.165) is 6.54 Å². The molecule has 0 aliphatic heterocycles. The van der Waals surface area contributed by atoms with Gasteiger partial charge in [-0.15, -0.1) is 0 Å². The summed E-state index contributed by atoms with van der Waals surface area (Å²) in [6, 6.07) is 5.10. The van der Waals surface area contributed by atoms with Gasteiger partial charge in [0, 0.05) is 12.1 Å². The van der Waals surface area contributed by atoms with Gasteiger partial charge in [-0.25, -0.2) is 4.39 Å². The first kappa shape index (κ1) is 14.5. The Morgan fingerprint density at radius 3 is 2.59 bits per heavy atom. The smallest absolute Gasteiger partial charge is 0.146 e. The van der Waals surface area contributed by atoms with Gasteiger partial charge in [-0.1, -0.05) is 51.4 Å². The van der Waals surface area contributed by atoms with Crippen LogP contribution in [0.25, 0.3) is 0 Å². The molecule has 0 bridgehead atoms. The Balaban J connectivity index is 2.49. The van der Waals surface area contributed by atoms with Crippen molar-refractivity contribution < 1.29 is 4.39 Å². The summed E-state index contributed by atoms with van der Waals surface area (Å²) >= 11 is 5.73. The predicted molar refractivity (Wildman–Crippen MR) is 71.7 cm³/mol. The zero-order valence-electron chi connectivity index (χ0n) is 11.0. The van der Waals surface area contributed by atoms with Crippen molar-refractivity contribution in [2.24, 2.45) is 11.3 Å². The molecule has 1 N–H and O–H groups in total. The highest BCUT2D eigenvalue weighted by Gasteiger charge is 2.19. The van der Waals surface area contributed by atoms with Crippen molar-refractivity contribution in [3.8, 4) is 0 Å². The third-order valence-electron chi connectivity index (χ3n) is 3.28. The normalized spacial score (nSPS) is 13.8. The quantitative estimate of drug-likeness (QED) is 0.850. The molecular formula is C14H21ClFN. The maximum Gasteiger partial charge on any atom is 0.146 e. The van der Waals surface area contributed by atoms with Gasteiger partial charge in [-0.2, -0.15) is 0 Å². The van der Waals surface area contributed by atoms with E-state index in [0.29, 0.717) is 18.0 Å². The van der Waals surface area contributed by atoms with Gasteiger partial charge in [0.25, 0.3) is 0 Å². The average molecular weight is 258 g/mol. The summed E-state index contributed by atoms with van der Waals surface area (Å²) in [5.41, 5.74) is 0.887. The Kier molecular flexibility index (Phi) is 4.96. The molecule has 3 heteroatoms. The standard InChI is InChI=1S/C14H21ClFN/c1-10(14(2,3)4)8-17-9-11-6-5-7-12(15)13(11)16/h5-7,10,17H,8-9H2,1-4H3. The lowest BCUT2D eigenvalue weighted by molar-refractivity contribution is 0.252. The molecule has 96 valence electrons. The highest BCUT2D eigenvalue weighted by atomic mass is 35.5. The van der Waals surface area contributed by atoms with Gasteiger partial charge in [0.05, 0.1) is 5.02 Å². The number of halogens is 2. The average Bonchev–Trinajstić information content (AvgIpc) is 2.22. The van der Waals surface area contributed by atoms with E-state index in [-0.39, 0.29) is 16.3 Å². The minimum Gasteiger partial charge on any atom is -0.312 e. The molecule has 0 saturated carbocycles. The minimum atomic E-state index is -0.315. The molecule has 0 amide bonds. The summed E-state index contributed by atoms with van der Waals surface area (Å²) in [6.45, 7) is 10.2. The van der Waals surface area contributed by atoms with Crippen molar-refractivity contribution in [2.45, 2.75) is 34.2 Å². The lowest BCUT2D eigenvalue weighted by Gasteiger charge is -2.27. The fraction of sp³-hybridized carbons (Fsp3) is 0.571. The molecule has 1 rings (SSSR count). The van der Waals surface area contributed by atoms with Gasteiger partial charge in [-0.05, 0) is 23.9 Å². The van der Waals surface area contributed by atoms with Crippen LogP contribution in [0, 0.1) is 17.2 Å². The molecule has 0 fully saturated rings. The van der Waals surface area contributed by atoms with Gasteiger partial charge in [0.1, 0.15) is 5.82 Å². The first-order valence-corrected chi connectivity index (χ1v) is 6.33. The maximum atomic E-state index is 13.6. The van der Waals surface area contributed by atoms with Gasteiger partial charge >= 0.3 is 0 Å². The highest BCUT2D eigenvalue weighted by molar-refractivity contribution is 6.30. The third-order valence-corrected chi connectivity index (χ3v) is 3.57.